The van der Waals surface area contributed by atoms with Gasteiger partial charge < -0.3 is 46.4 Å². The number of nitrogens with two attached hydrogens (primary N) is 2. The number of fused-ring (bicyclic) bond motifs is 8. The number of unbranched alkanes of at least 4 members (excludes halogenated alkanes) is 1. The van der Waals surface area contributed by atoms with Crippen molar-refractivity contribution in [3.8, 4) is 5.75 Å². The number of carbonyl (C=O) groups excluding carboxylic acids is 1. The molecule has 0 fully saturated rings. The topological polar surface area (TPSA) is 157 Å². The number of aromatic amines is 4. The fraction of sp³-hybridized carbons (Fsp3) is 0.328. The Morgan fingerprint density at radius 3 is 1.15 bits per heavy atom. The van der Waals surface area contributed by atoms with E-state index in [2.05, 4.69) is 192 Å². The molecule has 10 heteroatoms. The first-order valence-corrected chi connectivity index (χ1v) is 25.8. The Bertz CT molecular complexity index is 2770. The molecule has 71 heavy (non-hydrogen) atoms. The molecule has 5 heterocycles. The summed E-state index contributed by atoms with van der Waals surface area (Å²) >= 11 is 0. The molecule has 0 spiro atoms. The maximum atomic E-state index is 13.3. The van der Waals surface area contributed by atoms with Crippen LogP contribution in [0.15, 0.2) is 146 Å². The van der Waals surface area contributed by atoms with Crippen LogP contribution >= 0.6 is 0 Å². The third kappa shape index (κ3) is 11.9. The van der Waals surface area contributed by atoms with E-state index in [1.165, 1.54) is 33.4 Å². The number of rotatable bonds is 20. The van der Waals surface area contributed by atoms with Gasteiger partial charge in [-0.15, -0.1) is 0 Å². The maximum absolute atomic E-state index is 13.3. The van der Waals surface area contributed by atoms with Gasteiger partial charge >= 0.3 is 0 Å². The van der Waals surface area contributed by atoms with Gasteiger partial charge in [-0.3, -0.25) is 4.79 Å². The number of aryl methyl sites for hydroxylation is 3. The number of nitrogens with zero attached hydrogens (tertiary/aromatic N) is 1. The average Bonchev–Trinajstić information content (AvgIpc) is 4.24. The highest BCUT2D eigenvalue weighted by molar-refractivity contribution is 5.76. The van der Waals surface area contributed by atoms with Crippen LogP contribution in [-0.2, 0) is 4.79 Å². The number of nitrogens with one attached hydrogen (secondary N) is 5. The van der Waals surface area contributed by atoms with E-state index < -0.39 is 0 Å². The van der Waals surface area contributed by atoms with Crippen LogP contribution in [0.2, 0.25) is 0 Å². The molecule has 4 aromatic heterocycles. The van der Waals surface area contributed by atoms with Gasteiger partial charge in [0.05, 0.1) is 30.3 Å². The Hall–Kier alpha value is -6.85. The Balaban J connectivity index is 1.02. The SMILES string of the molecule is Cc1ccc(C2c3ccc([nH]3)C(c3ccc(C)cc3)c3ccc([nH]3)C(c3ccc(OCCCC(=O)N(CCCN)CCCCNCCCN)cc3)c3ccc([nH]3)C(c3ccc(C)cc3)c3ccc2[nH]3)cc1. The largest absolute Gasteiger partial charge is 0.494 e. The summed E-state index contributed by atoms with van der Waals surface area (Å²) in [5, 5.41) is 3.43. The average molecular weight is 949 g/mol. The van der Waals surface area contributed by atoms with E-state index in [4.69, 9.17) is 16.2 Å². The van der Waals surface area contributed by atoms with Crippen molar-refractivity contribution in [1.82, 2.24) is 30.2 Å². The molecule has 10 nitrogen and oxygen atoms in total. The van der Waals surface area contributed by atoms with Crippen LogP contribution in [-0.4, -0.2) is 76.6 Å². The van der Waals surface area contributed by atoms with Crippen molar-refractivity contribution >= 4 is 5.91 Å². The van der Waals surface area contributed by atoms with E-state index in [1.807, 2.05) is 4.90 Å². The number of amides is 1. The fourth-order valence-electron chi connectivity index (χ4n) is 10.3. The number of benzene rings is 4. The zero-order valence-corrected chi connectivity index (χ0v) is 41.8. The van der Waals surface area contributed by atoms with Crippen LogP contribution in [0, 0.1) is 20.8 Å². The summed E-state index contributed by atoms with van der Waals surface area (Å²) in [7, 11) is 0. The number of aromatic nitrogens is 4. The minimum Gasteiger partial charge on any atom is -0.494 e. The molecule has 1 aliphatic heterocycles. The molecule has 0 aliphatic carbocycles. The molecule has 0 radical (unpaired) electrons. The normalized spacial score (nSPS) is 16.5. The molecule has 1 aliphatic rings. The summed E-state index contributed by atoms with van der Waals surface area (Å²) in [6.45, 7) is 11.5. The number of H-pyrrole nitrogens is 4. The third-order valence-electron chi connectivity index (χ3n) is 14.2. The van der Waals surface area contributed by atoms with Crippen molar-refractivity contribution in [3.63, 3.8) is 0 Å². The zero-order valence-electron chi connectivity index (χ0n) is 41.8. The number of hydrogen-bond donors (Lipinski definition) is 7. The van der Waals surface area contributed by atoms with E-state index in [9.17, 15) is 4.79 Å². The van der Waals surface area contributed by atoms with Crippen LogP contribution in [0.25, 0.3) is 0 Å². The molecular weight excluding hydrogens is 877 g/mol. The summed E-state index contributed by atoms with van der Waals surface area (Å²) in [5.41, 5.74) is 28.8. The van der Waals surface area contributed by atoms with Crippen molar-refractivity contribution in [1.29, 1.82) is 0 Å². The van der Waals surface area contributed by atoms with Crippen LogP contribution in [0.3, 0.4) is 0 Å². The quantitative estimate of drug-likeness (QED) is 0.0379. The summed E-state index contributed by atoms with van der Waals surface area (Å²) in [6, 6.07) is 53.4. The number of ether oxygens (including phenoxy) is 1. The lowest BCUT2D eigenvalue weighted by Crippen LogP contribution is -2.34. The van der Waals surface area contributed by atoms with Gasteiger partial charge in [0.1, 0.15) is 5.75 Å². The van der Waals surface area contributed by atoms with E-state index >= 15 is 0 Å². The third-order valence-corrected chi connectivity index (χ3v) is 14.2. The second-order valence-corrected chi connectivity index (χ2v) is 19.6. The van der Waals surface area contributed by atoms with E-state index in [0.29, 0.717) is 39.1 Å². The monoisotopic (exact) mass is 949 g/mol. The summed E-state index contributed by atoms with van der Waals surface area (Å²) in [5.74, 6) is 0.622. The van der Waals surface area contributed by atoms with Crippen LogP contribution in [0.4, 0.5) is 0 Å². The first-order valence-electron chi connectivity index (χ1n) is 25.8. The highest BCUT2D eigenvalue weighted by atomic mass is 16.5. The minimum absolute atomic E-state index is 0.0442. The van der Waals surface area contributed by atoms with Crippen molar-refractivity contribution < 1.29 is 9.53 Å². The van der Waals surface area contributed by atoms with Crippen LogP contribution in [0.5, 0.6) is 5.75 Å². The molecule has 1 amide bonds. The Morgan fingerprint density at radius 2 is 0.789 bits per heavy atom. The fourth-order valence-corrected chi connectivity index (χ4v) is 10.3. The second-order valence-electron chi connectivity index (χ2n) is 19.6. The molecule has 4 aromatic carbocycles. The summed E-state index contributed by atoms with van der Waals surface area (Å²) in [6.07, 6.45) is 4.84. The predicted molar refractivity (Wildman–Crippen MR) is 288 cm³/mol. The molecule has 2 unspecified atom stereocenters. The lowest BCUT2D eigenvalue weighted by molar-refractivity contribution is -0.131. The van der Waals surface area contributed by atoms with Gasteiger partial charge in [0.15, 0.2) is 0 Å². The molecule has 2 atom stereocenters. The molecule has 9 N–H and O–H groups in total. The molecule has 0 saturated carbocycles. The van der Waals surface area contributed by atoms with E-state index in [1.54, 1.807) is 0 Å². The molecule has 9 rings (SSSR count). The van der Waals surface area contributed by atoms with Gasteiger partial charge in [-0.2, -0.15) is 0 Å². The molecule has 368 valence electrons. The molecule has 8 bridgehead atoms. The number of carbonyl (C=O) groups is 1. The highest BCUT2D eigenvalue weighted by Crippen LogP contribution is 2.41. The first kappa shape index (κ1) is 49.1. The van der Waals surface area contributed by atoms with Gasteiger partial charge in [0, 0.05) is 65.1 Å². The van der Waals surface area contributed by atoms with Crippen molar-refractivity contribution in [2.24, 2.45) is 11.5 Å². The summed E-state index contributed by atoms with van der Waals surface area (Å²) < 4.78 is 6.30. The van der Waals surface area contributed by atoms with E-state index in [0.717, 1.165) is 102 Å². The second kappa shape index (κ2) is 23.4. The standard InChI is InChI=1S/C61H72N8O2/c1-41-10-16-44(17-11-41)58-49-26-28-51(65-49)59(45-18-12-42(2)13-19-45)53-30-32-55(67-53)61(56-33-31-54(68-56)60(52-29-27-50(58)66-52)46-20-14-43(3)15-21-46)47-22-24-48(25-23-47)71-40-6-9-57(70)69(39-8-35-63)38-5-4-36-64-37-7-34-62/h10-33,58-61,64-68H,4-9,34-40,62-63H2,1-3H3. The smallest absolute Gasteiger partial charge is 0.222 e. The zero-order chi connectivity index (χ0) is 49.1. The Labute approximate surface area is 420 Å². The Morgan fingerprint density at radius 1 is 0.451 bits per heavy atom. The van der Waals surface area contributed by atoms with Gasteiger partial charge in [-0.05, 0) is 162 Å². The minimum atomic E-state index is -0.139. The first-order chi connectivity index (χ1) is 34.8. The summed E-state index contributed by atoms with van der Waals surface area (Å²) in [4.78, 5) is 31.3. The van der Waals surface area contributed by atoms with E-state index in [-0.39, 0.29) is 29.6 Å². The van der Waals surface area contributed by atoms with Gasteiger partial charge in [-0.1, -0.05) is 102 Å². The lowest BCUT2D eigenvalue weighted by atomic mass is 9.92. The van der Waals surface area contributed by atoms with Crippen LogP contribution in [0.1, 0.15) is 147 Å². The van der Waals surface area contributed by atoms with Crippen molar-refractivity contribution in [2.45, 2.75) is 83.0 Å². The molecular formula is C61H72N8O2. The van der Waals surface area contributed by atoms with Gasteiger partial charge in [0.25, 0.3) is 0 Å². The van der Waals surface area contributed by atoms with Crippen molar-refractivity contribution in [2.75, 3.05) is 45.9 Å². The molecule has 0 saturated heterocycles. The van der Waals surface area contributed by atoms with Gasteiger partial charge in [-0.25, -0.2) is 0 Å². The lowest BCUT2D eigenvalue weighted by Gasteiger charge is -2.23. The predicted octanol–water partition coefficient (Wildman–Crippen LogP) is 11.0. The van der Waals surface area contributed by atoms with Crippen molar-refractivity contribution in [3.05, 3.63) is 230 Å². The highest BCUT2D eigenvalue weighted by Gasteiger charge is 2.30. The number of hydrogen-bond acceptors (Lipinski definition) is 5. The van der Waals surface area contributed by atoms with Crippen LogP contribution < -0.4 is 21.5 Å². The maximum Gasteiger partial charge on any atom is 0.222 e. The molecule has 8 aromatic rings. The Kier molecular flexibility index (Phi) is 16.2. The van der Waals surface area contributed by atoms with Gasteiger partial charge in [0.2, 0.25) is 5.91 Å².